The molecule has 0 spiro atoms. The van der Waals surface area contributed by atoms with Crippen molar-refractivity contribution in [3.8, 4) is 5.75 Å². The minimum atomic E-state index is -1.10. The number of carbonyl (C=O) groups is 2. The van der Waals surface area contributed by atoms with E-state index in [0.29, 0.717) is 29.3 Å². The zero-order chi connectivity index (χ0) is 23.1. The van der Waals surface area contributed by atoms with Crippen LogP contribution in [0.2, 0.25) is 0 Å². The smallest absolute Gasteiger partial charge is 0.266 e. The average Bonchev–Trinajstić information content (AvgIpc) is 3.33. The second-order valence-corrected chi connectivity index (χ2v) is 7.77. The summed E-state index contributed by atoms with van der Waals surface area (Å²) in [5, 5.41) is 1.44. The fourth-order valence-corrected chi connectivity index (χ4v) is 4.36. The highest BCUT2D eigenvalue weighted by atomic mass is 19.2. The molecule has 2 saturated heterocycles. The quantitative estimate of drug-likeness (QED) is 0.539. The molecule has 8 heteroatoms. The number of amides is 2. The number of nitrogens with zero attached hydrogens (tertiary/aromatic N) is 2. The molecule has 0 radical (unpaired) electrons. The summed E-state index contributed by atoms with van der Waals surface area (Å²) in [6.45, 7) is 2.35. The number of benzene rings is 3. The van der Waals surface area contributed by atoms with Crippen molar-refractivity contribution in [1.29, 1.82) is 0 Å². The first kappa shape index (κ1) is 21.1. The average molecular weight is 450 g/mol. The van der Waals surface area contributed by atoms with Gasteiger partial charge in [0, 0.05) is 0 Å². The highest BCUT2D eigenvalue weighted by molar-refractivity contribution is 6.23. The first-order valence-corrected chi connectivity index (χ1v) is 10.6. The Bertz CT molecular complexity index is 1200. The molecule has 2 amide bonds. The third-order valence-electron chi connectivity index (χ3n) is 5.82. The standard InChI is InChI=1S/C25H20F2N2O4/c1-2-32-18-11-9-16(10-12-18)28-24(30)21-22(15-8-13-19(26)20(27)14-15)29(33-23(21)25(28)31)17-6-4-3-5-7-17/h3-14,21-23H,2H2,1H3/t21-,22-,23-/m1/s1. The predicted octanol–water partition coefficient (Wildman–Crippen LogP) is 4.41. The number of imide groups is 1. The van der Waals surface area contributed by atoms with Gasteiger partial charge in [-0.05, 0) is 61.0 Å². The number of para-hydroxylation sites is 1. The van der Waals surface area contributed by atoms with Crippen molar-refractivity contribution in [1.82, 2.24) is 0 Å². The van der Waals surface area contributed by atoms with Gasteiger partial charge in [0.25, 0.3) is 5.91 Å². The summed E-state index contributed by atoms with van der Waals surface area (Å²) in [5.41, 5.74) is 1.32. The van der Waals surface area contributed by atoms with Crippen LogP contribution in [-0.4, -0.2) is 24.5 Å². The van der Waals surface area contributed by atoms with Crippen LogP contribution in [0, 0.1) is 17.6 Å². The maximum atomic E-state index is 14.1. The Balaban J connectivity index is 1.55. The van der Waals surface area contributed by atoms with Crippen molar-refractivity contribution < 1.29 is 27.9 Å². The molecule has 0 unspecified atom stereocenters. The number of ether oxygens (including phenoxy) is 1. The predicted molar refractivity (Wildman–Crippen MR) is 116 cm³/mol. The van der Waals surface area contributed by atoms with E-state index in [4.69, 9.17) is 9.57 Å². The molecule has 2 heterocycles. The van der Waals surface area contributed by atoms with E-state index in [1.165, 1.54) is 11.1 Å². The lowest BCUT2D eigenvalue weighted by molar-refractivity contribution is -0.126. The summed E-state index contributed by atoms with van der Waals surface area (Å²) in [4.78, 5) is 33.9. The van der Waals surface area contributed by atoms with Crippen LogP contribution in [0.4, 0.5) is 20.2 Å². The molecule has 2 fully saturated rings. The number of fused-ring (bicyclic) bond motifs is 1. The number of halogens is 2. The second-order valence-electron chi connectivity index (χ2n) is 7.77. The normalized spacial score (nSPS) is 22.1. The van der Waals surface area contributed by atoms with Gasteiger partial charge in [-0.1, -0.05) is 24.3 Å². The molecule has 33 heavy (non-hydrogen) atoms. The molecular weight excluding hydrogens is 430 g/mol. The third kappa shape index (κ3) is 3.52. The maximum Gasteiger partial charge on any atom is 0.266 e. The minimum Gasteiger partial charge on any atom is -0.494 e. The Morgan fingerprint density at radius 1 is 0.879 bits per heavy atom. The fraction of sp³-hybridized carbons (Fsp3) is 0.200. The lowest BCUT2D eigenvalue weighted by atomic mass is 9.90. The highest BCUT2D eigenvalue weighted by Gasteiger charge is 2.60. The monoisotopic (exact) mass is 450 g/mol. The van der Waals surface area contributed by atoms with E-state index in [1.807, 2.05) is 13.0 Å². The molecule has 168 valence electrons. The van der Waals surface area contributed by atoms with Crippen molar-refractivity contribution in [2.24, 2.45) is 5.92 Å². The molecule has 0 bridgehead atoms. The van der Waals surface area contributed by atoms with E-state index < -0.39 is 41.5 Å². The largest absolute Gasteiger partial charge is 0.494 e. The van der Waals surface area contributed by atoms with E-state index in [9.17, 15) is 18.4 Å². The van der Waals surface area contributed by atoms with Crippen LogP contribution in [0.5, 0.6) is 5.75 Å². The SMILES string of the molecule is CCOc1ccc(N2C(=O)[C@@H]3[C@@H](c4ccc(F)c(F)c4)N(c4ccccc4)O[C@H]3C2=O)cc1. The number of anilines is 2. The van der Waals surface area contributed by atoms with E-state index in [1.54, 1.807) is 48.5 Å². The van der Waals surface area contributed by atoms with Crippen molar-refractivity contribution in [2.45, 2.75) is 19.1 Å². The number of carbonyl (C=O) groups excluding carboxylic acids is 2. The fourth-order valence-electron chi connectivity index (χ4n) is 4.36. The first-order valence-electron chi connectivity index (χ1n) is 10.6. The van der Waals surface area contributed by atoms with Gasteiger partial charge < -0.3 is 4.74 Å². The number of hydrogen-bond donors (Lipinski definition) is 0. The molecule has 3 aromatic rings. The van der Waals surface area contributed by atoms with Gasteiger partial charge >= 0.3 is 0 Å². The van der Waals surface area contributed by atoms with E-state index in [-0.39, 0.29) is 0 Å². The van der Waals surface area contributed by atoms with Crippen molar-refractivity contribution >= 4 is 23.2 Å². The van der Waals surface area contributed by atoms with Crippen LogP contribution in [-0.2, 0) is 14.4 Å². The molecule has 3 atom stereocenters. The molecule has 2 aliphatic rings. The zero-order valence-electron chi connectivity index (χ0n) is 17.7. The van der Waals surface area contributed by atoms with Crippen molar-refractivity contribution in [3.63, 3.8) is 0 Å². The Hall–Kier alpha value is -3.78. The highest BCUT2D eigenvalue weighted by Crippen LogP contribution is 2.47. The van der Waals surface area contributed by atoms with Crippen LogP contribution in [0.1, 0.15) is 18.5 Å². The number of hydroxylamine groups is 1. The molecule has 3 aromatic carbocycles. The molecule has 0 aromatic heterocycles. The van der Waals surface area contributed by atoms with Gasteiger partial charge in [0.2, 0.25) is 5.91 Å². The minimum absolute atomic E-state index is 0.333. The van der Waals surface area contributed by atoms with Gasteiger partial charge in [0.15, 0.2) is 17.7 Å². The van der Waals surface area contributed by atoms with Crippen molar-refractivity contribution in [3.05, 3.63) is 90.0 Å². The Morgan fingerprint density at radius 2 is 1.61 bits per heavy atom. The number of rotatable bonds is 5. The molecule has 2 aliphatic heterocycles. The zero-order valence-corrected chi connectivity index (χ0v) is 17.7. The van der Waals surface area contributed by atoms with E-state index in [2.05, 4.69) is 0 Å². The second kappa shape index (κ2) is 8.29. The van der Waals surface area contributed by atoms with Crippen LogP contribution >= 0.6 is 0 Å². The molecule has 5 rings (SSSR count). The lowest BCUT2D eigenvalue weighted by Crippen LogP contribution is -2.37. The molecule has 0 N–H and O–H groups in total. The van der Waals surface area contributed by atoms with Crippen molar-refractivity contribution in [2.75, 3.05) is 16.6 Å². The van der Waals surface area contributed by atoms with Gasteiger partial charge in [-0.2, -0.15) is 0 Å². The van der Waals surface area contributed by atoms with Gasteiger partial charge in [-0.25, -0.2) is 18.7 Å². The van der Waals surface area contributed by atoms with E-state index >= 15 is 0 Å². The van der Waals surface area contributed by atoms with Crippen LogP contribution < -0.4 is 14.7 Å². The third-order valence-corrected chi connectivity index (χ3v) is 5.82. The summed E-state index contributed by atoms with van der Waals surface area (Å²) in [6.07, 6.45) is -1.10. The summed E-state index contributed by atoms with van der Waals surface area (Å²) in [5.74, 6) is -3.34. The molecule has 6 nitrogen and oxygen atoms in total. The first-order chi connectivity index (χ1) is 16.0. The Kier molecular flexibility index (Phi) is 5.30. The lowest BCUT2D eigenvalue weighted by Gasteiger charge is -2.28. The summed E-state index contributed by atoms with van der Waals surface area (Å²) in [7, 11) is 0. The topological polar surface area (TPSA) is 59.1 Å². The maximum absolute atomic E-state index is 14.1. The molecular formula is C25H20F2N2O4. The van der Waals surface area contributed by atoms with Crippen LogP contribution in [0.3, 0.4) is 0 Å². The summed E-state index contributed by atoms with van der Waals surface area (Å²) >= 11 is 0. The van der Waals surface area contributed by atoms with E-state index in [0.717, 1.165) is 17.0 Å². The molecule has 0 aliphatic carbocycles. The summed E-state index contributed by atoms with van der Waals surface area (Å²) < 4.78 is 33.2. The van der Waals surface area contributed by atoms with Gasteiger partial charge in [-0.15, -0.1) is 0 Å². The Morgan fingerprint density at radius 3 is 2.27 bits per heavy atom. The van der Waals surface area contributed by atoms with Gasteiger partial charge in [-0.3, -0.25) is 14.4 Å². The summed E-state index contributed by atoms with van der Waals surface area (Å²) in [6, 6.07) is 18.1. The van der Waals surface area contributed by atoms with Gasteiger partial charge in [0.05, 0.1) is 24.0 Å². The van der Waals surface area contributed by atoms with Gasteiger partial charge in [0.1, 0.15) is 11.7 Å². The van der Waals surface area contributed by atoms with Crippen LogP contribution in [0.25, 0.3) is 0 Å². The number of hydrogen-bond acceptors (Lipinski definition) is 5. The molecule has 0 saturated carbocycles. The Labute approximate surface area is 188 Å². The van der Waals surface area contributed by atoms with Crippen LogP contribution in [0.15, 0.2) is 72.8 Å².